The van der Waals surface area contributed by atoms with E-state index in [2.05, 4.69) is 0 Å². The lowest BCUT2D eigenvalue weighted by Crippen LogP contribution is -2.04. The highest BCUT2D eigenvalue weighted by Crippen LogP contribution is 2.36. The van der Waals surface area contributed by atoms with Crippen molar-refractivity contribution < 1.29 is 18.7 Å². The second kappa shape index (κ2) is 6.14. The molecule has 0 saturated heterocycles. The van der Waals surface area contributed by atoms with Gasteiger partial charge in [-0.25, -0.2) is 4.39 Å². The van der Waals surface area contributed by atoms with Crippen molar-refractivity contribution >= 4 is 17.4 Å². The van der Waals surface area contributed by atoms with Crippen molar-refractivity contribution in [3.8, 4) is 11.5 Å². The summed E-state index contributed by atoms with van der Waals surface area (Å²) in [4.78, 5) is 12.5. The van der Waals surface area contributed by atoms with E-state index in [1.807, 2.05) is 0 Å². The molecule has 21 heavy (non-hydrogen) atoms. The zero-order valence-electron chi connectivity index (χ0n) is 11.9. The first-order valence-corrected chi connectivity index (χ1v) is 6.58. The number of ether oxygens (including phenoxy) is 2. The number of carbonyl (C=O) groups excluding carboxylic acids is 1. The van der Waals surface area contributed by atoms with Gasteiger partial charge in [0.25, 0.3) is 0 Å². The molecule has 0 N–H and O–H groups in total. The van der Waals surface area contributed by atoms with Crippen LogP contribution in [0.2, 0.25) is 5.02 Å². The maximum Gasteiger partial charge on any atom is 0.193 e. The van der Waals surface area contributed by atoms with Gasteiger partial charge in [-0.3, -0.25) is 4.79 Å². The van der Waals surface area contributed by atoms with E-state index in [9.17, 15) is 9.18 Å². The minimum atomic E-state index is -0.350. The molecule has 5 heteroatoms. The molecule has 0 aromatic heterocycles. The molecule has 0 bridgehead atoms. The molecule has 110 valence electrons. The van der Waals surface area contributed by atoms with E-state index >= 15 is 0 Å². The average Bonchev–Trinajstić information content (AvgIpc) is 2.48. The fourth-order valence-corrected chi connectivity index (χ4v) is 2.29. The number of ketones is 1. The molecule has 3 nitrogen and oxygen atoms in total. The van der Waals surface area contributed by atoms with Gasteiger partial charge in [-0.05, 0) is 42.8 Å². The van der Waals surface area contributed by atoms with Gasteiger partial charge in [-0.15, -0.1) is 0 Å². The molecule has 2 aromatic carbocycles. The summed E-state index contributed by atoms with van der Waals surface area (Å²) in [5, 5.41) is 0.277. The molecule has 0 unspecified atom stereocenters. The van der Waals surface area contributed by atoms with Crippen LogP contribution in [0.25, 0.3) is 0 Å². The lowest BCUT2D eigenvalue weighted by atomic mass is 10.0. The molecule has 2 rings (SSSR count). The predicted molar refractivity (Wildman–Crippen MR) is 79.1 cm³/mol. The summed E-state index contributed by atoms with van der Waals surface area (Å²) < 4.78 is 23.6. The van der Waals surface area contributed by atoms with E-state index < -0.39 is 0 Å². The molecule has 0 aliphatic carbocycles. The fraction of sp³-hybridized carbons (Fsp3) is 0.188. The molecule has 0 amide bonds. The number of methoxy groups -OCH3 is 2. The maximum atomic E-state index is 13.3. The number of rotatable bonds is 4. The Morgan fingerprint density at radius 2 is 1.81 bits per heavy atom. The summed E-state index contributed by atoms with van der Waals surface area (Å²) in [7, 11) is 2.93. The molecule has 0 radical (unpaired) electrons. The van der Waals surface area contributed by atoms with Crippen molar-refractivity contribution in [3.63, 3.8) is 0 Å². The predicted octanol–water partition coefficient (Wildman–Crippen LogP) is 4.04. The first-order valence-electron chi connectivity index (χ1n) is 6.20. The van der Waals surface area contributed by atoms with Gasteiger partial charge in [0.05, 0.1) is 19.2 Å². The van der Waals surface area contributed by atoms with Crippen molar-refractivity contribution in [2.45, 2.75) is 6.92 Å². The van der Waals surface area contributed by atoms with Crippen molar-refractivity contribution in [1.29, 1.82) is 0 Å². The van der Waals surface area contributed by atoms with Crippen LogP contribution in [-0.2, 0) is 0 Å². The van der Waals surface area contributed by atoms with Gasteiger partial charge in [-0.1, -0.05) is 11.6 Å². The summed E-state index contributed by atoms with van der Waals surface area (Å²) in [6.45, 7) is 1.60. The largest absolute Gasteiger partial charge is 0.493 e. The van der Waals surface area contributed by atoms with Crippen LogP contribution in [0.1, 0.15) is 21.5 Å². The van der Waals surface area contributed by atoms with Crippen LogP contribution >= 0.6 is 11.6 Å². The number of carbonyl (C=O) groups is 1. The van der Waals surface area contributed by atoms with Crippen LogP contribution in [0.15, 0.2) is 30.3 Å². The van der Waals surface area contributed by atoms with Gasteiger partial charge < -0.3 is 9.47 Å². The summed E-state index contributed by atoms with van der Waals surface area (Å²) in [6, 6.07) is 7.26. The highest BCUT2D eigenvalue weighted by molar-refractivity contribution is 6.33. The number of benzene rings is 2. The molecule has 2 aromatic rings. The second-order valence-electron chi connectivity index (χ2n) is 4.49. The third-order valence-electron chi connectivity index (χ3n) is 3.12. The van der Waals surface area contributed by atoms with Gasteiger partial charge in [0, 0.05) is 11.1 Å². The van der Waals surface area contributed by atoms with Gasteiger partial charge in [0.1, 0.15) is 5.82 Å². The lowest BCUT2D eigenvalue weighted by molar-refractivity contribution is 0.103. The van der Waals surface area contributed by atoms with Crippen molar-refractivity contribution in [3.05, 3.63) is 57.9 Å². The first-order chi connectivity index (χ1) is 9.97. The number of halogens is 2. The van der Waals surface area contributed by atoms with Crippen molar-refractivity contribution in [2.75, 3.05) is 14.2 Å². The number of hydrogen-bond donors (Lipinski definition) is 0. The van der Waals surface area contributed by atoms with E-state index in [0.29, 0.717) is 28.2 Å². The minimum Gasteiger partial charge on any atom is -0.493 e. The molecule has 0 atom stereocenters. The lowest BCUT2D eigenvalue weighted by Gasteiger charge is -2.11. The first kappa shape index (κ1) is 15.3. The van der Waals surface area contributed by atoms with Crippen LogP contribution in [-0.4, -0.2) is 20.0 Å². The Hall–Kier alpha value is -2.07. The molecule has 0 fully saturated rings. The molecular formula is C16H14ClFO3. The van der Waals surface area contributed by atoms with E-state index in [1.54, 1.807) is 13.0 Å². The molecule has 0 saturated carbocycles. The average molecular weight is 309 g/mol. The summed E-state index contributed by atoms with van der Waals surface area (Å²) in [6.07, 6.45) is 0. The summed E-state index contributed by atoms with van der Waals surface area (Å²) in [5.74, 6) is 0.121. The second-order valence-corrected chi connectivity index (χ2v) is 4.89. The Labute approximate surface area is 127 Å². The van der Waals surface area contributed by atoms with Crippen molar-refractivity contribution in [2.24, 2.45) is 0 Å². The highest BCUT2D eigenvalue weighted by atomic mass is 35.5. The Kier molecular flexibility index (Phi) is 4.48. The van der Waals surface area contributed by atoms with Crippen LogP contribution in [0.3, 0.4) is 0 Å². The Balaban J connectivity index is 2.48. The van der Waals surface area contributed by atoms with Crippen LogP contribution in [0, 0.1) is 12.7 Å². The molecular weight excluding hydrogens is 295 g/mol. The topological polar surface area (TPSA) is 35.5 Å². The quantitative estimate of drug-likeness (QED) is 0.800. The van der Waals surface area contributed by atoms with Gasteiger partial charge in [-0.2, -0.15) is 0 Å². The Bertz CT molecular complexity index is 698. The van der Waals surface area contributed by atoms with E-state index in [-0.39, 0.29) is 16.6 Å². The van der Waals surface area contributed by atoms with Gasteiger partial charge in [0.15, 0.2) is 17.3 Å². The fourth-order valence-electron chi connectivity index (χ4n) is 2.00. The number of hydrogen-bond acceptors (Lipinski definition) is 3. The van der Waals surface area contributed by atoms with Crippen LogP contribution < -0.4 is 9.47 Å². The molecule has 0 spiro atoms. The van der Waals surface area contributed by atoms with Crippen LogP contribution in [0.5, 0.6) is 11.5 Å². The third-order valence-corrected chi connectivity index (χ3v) is 3.40. The minimum absolute atomic E-state index is 0.263. The standard InChI is InChI=1S/C16H14ClFO3/c1-9-6-10(4-5-13(9)18)15(19)11-7-12(17)16(21-3)14(8-11)20-2/h4-8H,1-3H3. The monoisotopic (exact) mass is 308 g/mol. The van der Waals surface area contributed by atoms with E-state index in [0.717, 1.165) is 0 Å². The molecule has 0 heterocycles. The SMILES string of the molecule is COc1cc(C(=O)c2ccc(F)c(C)c2)cc(Cl)c1OC. The number of aryl methyl sites for hydroxylation is 1. The summed E-state index contributed by atoms with van der Waals surface area (Å²) in [5.41, 5.74) is 1.15. The normalized spacial score (nSPS) is 10.3. The van der Waals surface area contributed by atoms with E-state index in [1.165, 1.54) is 38.5 Å². The zero-order chi connectivity index (χ0) is 15.6. The Morgan fingerprint density at radius 3 is 2.38 bits per heavy atom. The third kappa shape index (κ3) is 3.00. The maximum absolute atomic E-state index is 13.3. The summed E-state index contributed by atoms with van der Waals surface area (Å²) >= 11 is 6.08. The molecule has 0 aliphatic rings. The zero-order valence-corrected chi connectivity index (χ0v) is 12.6. The molecule has 0 aliphatic heterocycles. The van der Waals surface area contributed by atoms with Gasteiger partial charge in [0.2, 0.25) is 0 Å². The van der Waals surface area contributed by atoms with Gasteiger partial charge >= 0.3 is 0 Å². The van der Waals surface area contributed by atoms with E-state index in [4.69, 9.17) is 21.1 Å². The van der Waals surface area contributed by atoms with Crippen LogP contribution in [0.4, 0.5) is 4.39 Å². The smallest absolute Gasteiger partial charge is 0.193 e. The Morgan fingerprint density at radius 1 is 1.10 bits per heavy atom. The highest BCUT2D eigenvalue weighted by Gasteiger charge is 2.17. The van der Waals surface area contributed by atoms with Crippen molar-refractivity contribution in [1.82, 2.24) is 0 Å².